The number of nitrogens with two attached hydrogens (primary N) is 1. The largest absolute Gasteiger partial charge is 0.389 e. The zero-order valence-corrected chi connectivity index (χ0v) is 11.5. The lowest BCUT2D eigenvalue weighted by Gasteiger charge is -2.06. The van der Waals surface area contributed by atoms with Crippen LogP contribution >= 0.6 is 23.8 Å². The van der Waals surface area contributed by atoms with Gasteiger partial charge < -0.3 is 5.73 Å². The van der Waals surface area contributed by atoms with Crippen LogP contribution in [0.2, 0.25) is 0 Å². The predicted molar refractivity (Wildman–Crippen MR) is 83.3 cm³/mol. The van der Waals surface area contributed by atoms with Crippen molar-refractivity contribution in [2.75, 3.05) is 0 Å². The fraction of sp³-hybridized carbons (Fsp3) is 0. The smallest absolute Gasteiger partial charge is 0.273 e. The van der Waals surface area contributed by atoms with Crippen LogP contribution in [0, 0.1) is 0 Å². The molecule has 1 heterocycles. The summed E-state index contributed by atoms with van der Waals surface area (Å²) in [4.78, 5) is 12.7. The third-order valence-electron chi connectivity index (χ3n) is 2.88. The van der Waals surface area contributed by atoms with Gasteiger partial charge in [-0.2, -0.15) is 0 Å². The molecule has 3 nitrogen and oxygen atoms in total. The Kier molecular flexibility index (Phi) is 2.93. The van der Waals surface area contributed by atoms with Crippen LogP contribution in [-0.2, 0) is 0 Å². The Morgan fingerprint density at radius 2 is 1.79 bits per heavy atom. The van der Waals surface area contributed by atoms with Crippen LogP contribution in [0.5, 0.6) is 0 Å². The second kappa shape index (κ2) is 4.60. The van der Waals surface area contributed by atoms with Crippen LogP contribution in [0.4, 0.5) is 0 Å². The van der Waals surface area contributed by atoms with E-state index in [1.807, 2.05) is 48.5 Å². The monoisotopic (exact) mass is 286 g/mol. The van der Waals surface area contributed by atoms with E-state index in [2.05, 4.69) is 0 Å². The molecule has 0 amide bonds. The number of benzene rings is 2. The zero-order valence-electron chi connectivity index (χ0n) is 9.87. The summed E-state index contributed by atoms with van der Waals surface area (Å²) >= 11 is 6.44. The average Bonchev–Trinajstić information content (AvgIpc) is 2.76. The minimum Gasteiger partial charge on any atom is -0.389 e. The van der Waals surface area contributed by atoms with Crippen LogP contribution in [0.25, 0.3) is 15.8 Å². The highest BCUT2D eigenvalue weighted by Gasteiger charge is 2.12. The molecular formula is C14H10N2OS2. The molecule has 0 fully saturated rings. The van der Waals surface area contributed by atoms with Gasteiger partial charge in [0, 0.05) is 5.56 Å². The van der Waals surface area contributed by atoms with Crippen LogP contribution in [0.3, 0.4) is 0 Å². The first-order valence-electron chi connectivity index (χ1n) is 5.69. The maximum Gasteiger partial charge on any atom is 0.273 e. The number of nitrogens with zero attached hydrogens (tertiary/aromatic N) is 1. The second-order valence-electron chi connectivity index (χ2n) is 4.07. The van der Waals surface area contributed by atoms with E-state index in [9.17, 15) is 4.79 Å². The SMILES string of the molecule is NC(=S)c1ccccc1-n1sc2ccccc2c1=O. The lowest BCUT2D eigenvalue weighted by molar-refractivity contribution is 1.14. The highest BCUT2D eigenvalue weighted by atomic mass is 32.1. The summed E-state index contributed by atoms with van der Waals surface area (Å²) in [6, 6.07) is 14.9. The van der Waals surface area contributed by atoms with E-state index < -0.39 is 0 Å². The van der Waals surface area contributed by atoms with Crippen molar-refractivity contribution in [3.05, 3.63) is 64.4 Å². The number of fused-ring (bicyclic) bond motifs is 1. The Balaban J connectivity index is 2.34. The van der Waals surface area contributed by atoms with Crippen molar-refractivity contribution < 1.29 is 0 Å². The maximum absolute atomic E-state index is 12.4. The van der Waals surface area contributed by atoms with Gasteiger partial charge in [-0.1, -0.05) is 48.0 Å². The minimum atomic E-state index is -0.0377. The van der Waals surface area contributed by atoms with Gasteiger partial charge in [0.05, 0.1) is 15.8 Å². The van der Waals surface area contributed by atoms with E-state index in [1.165, 1.54) is 11.5 Å². The molecule has 0 saturated heterocycles. The first kappa shape index (κ1) is 12.1. The van der Waals surface area contributed by atoms with Crippen molar-refractivity contribution in [2.45, 2.75) is 0 Å². The van der Waals surface area contributed by atoms with Crippen molar-refractivity contribution in [3.63, 3.8) is 0 Å². The highest BCUT2D eigenvalue weighted by molar-refractivity contribution is 7.80. The van der Waals surface area contributed by atoms with Gasteiger partial charge in [0.2, 0.25) is 0 Å². The first-order chi connectivity index (χ1) is 9.18. The summed E-state index contributed by atoms with van der Waals surface area (Å²) < 4.78 is 2.59. The number of hydrogen-bond acceptors (Lipinski definition) is 3. The first-order valence-corrected chi connectivity index (χ1v) is 6.87. The van der Waals surface area contributed by atoms with Crippen LogP contribution in [0.15, 0.2) is 53.3 Å². The van der Waals surface area contributed by atoms with Gasteiger partial charge >= 0.3 is 0 Å². The van der Waals surface area contributed by atoms with Crippen molar-refractivity contribution in [1.82, 2.24) is 3.96 Å². The normalized spacial score (nSPS) is 10.7. The Hall–Kier alpha value is -1.98. The van der Waals surface area contributed by atoms with Gasteiger partial charge in [0.1, 0.15) is 4.99 Å². The molecule has 2 aromatic carbocycles. The third kappa shape index (κ3) is 1.97. The highest BCUT2D eigenvalue weighted by Crippen LogP contribution is 2.22. The molecule has 0 atom stereocenters. The van der Waals surface area contributed by atoms with E-state index >= 15 is 0 Å². The lowest BCUT2D eigenvalue weighted by Crippen LogP contribution is -2.17. The van der Waals surface area contributed by atoms with E-state index in [1.54, 1.807) is 3.96 Å². The maximum atomic E-state index is 12.4. The van der Waals surface area contributed by atoms with E-state index in [4.69, 9.17) is 18.0 Å². The fourth-order valence-corrected chi connectivity index (χ4v) is 3.19. The van der Waals surface area contributed by atoms with Crippen LogP contribution in [0.1, 0.15) is 5.56 Å². The molecule has 0 radical (unpaired) electrons. The Labute approximate surface area is 119 Å². The van der Waals surface area contributed by atoms with Gasteiger partial charge in [-0.25, -0.2) is 3.96 Å². The molecule has 94 valence electrons. The number of thiocarbonyl (C=S) groups is 1. The molecular weight excluding hydrogens is 276 g/mol. The van der Waals surface area contributed by atoms with E-state index in [-0.39, 0.29) is 5.56 Å². The molecule has 0 aliphatic heterocycles. The number of rotatable bonds is 2. The van der Waals surface area contributed by atoms with Gasteiger partial charge in [-0.05, 0) is 24.3 Å². The summed E-state index contributed by atoms with van der Waals surface area (Å²) in [6.45, 7) is 0. The molecule has 3 aromatic rings. The molecule has 0 unspecified atom stereocenters. The van der Waals surface area contributed by atoms with E-state index in [0.717, 1.165) is 10.4 Å². The van der Waals surface area contributed by atoms with Crippen LogP contribution in [-0.4, -0.2) is 8.95 Å². The Morgan fingerprint density at radius 1 is 1.11 bits per heavy atom. The summed E-state index contributed by atoms with van der Waals surface area (Å²) in [5, 5.41) is 0.713. The van der Waals surface area contributed by atoms with Crippen molar-refractivity contribution in [2.24, 2.45) is 5.73 Å². The molecule has 0 bridgehead atoms. The van der Waals surface area contributed by atoms with E-state index in [0.29, 0.717) is 15.9 Å². The molecule has 5 heteroatoms. The fourth-order valence-electron chi connectivity index (χ4n) is 1.99. The zero-order chi connectivity index (χ0) is 13.4. The number of para-hydroxylation sites is 1. The number of aromatic nitrogens is 1. The Bertz CT molecular complexity index is 833. The second-order valence-corrected chi connectivity index (χ2v) is 5.50. The molecule has 2 N–H and O–H groups in total. The summed E-state index contributed by atoms with van der Waals surface area (Å²) in [5.41, 5.74) is 7.13. The average molecular weight is 286 g/mol. The minimum absolute atomic E-state index is 0.0377. The molecule has 1 aromatic heterocycles. The molecule has 0 aliphatic rings. The van der Waals surface area contributed by atoms with Gasteiger partial charge in [-0.15, -0.1) is 0 Å². The third-order valence-corrected chi connectivity index (χ3v) is 4.20. The predicted octanol–water partition coefficient (Wildman–Crippen LogP) is 2.69. The molecule has 19 heavy (non-hydrogen) atoms. The van der Waals surface area contributed by atoms with Gasteiger partial charge in [0.25, 0.3) is 5.56 Å². The summed E-state index contributed by atoms with van der Waals surface area (Å²) in [5.74, 6) is 0. The lowest BCUT2D eigenvalue weighted by atomic mass is 10.2. The van der Waals surface area contributed by atoms with Crippen molar-refractivity contribution in [3.8, 4) is 5.69 Å². The Morgan fingerprint density at radius 3 is 2.53 bits per heavy atom. The quantitative estimate of drug-likeness (QED) is 0.737. The number of hydrogen-bond donors (Lipinski definition) is 1. The summed E-state index contributed by atoms with van der Waals surface area (Å²) in [7, 11) is 0. The molecule has 0 spiro atoms. The molecule has 0 saturated carbocycles. The van der Waals surface area contributed by atoms with Crippen LogP contribution < -0.4 is 11.3 Å². The molecule has 0 aliphatic carbocycles. The standard InChI is InChI=1S/C14H10N2OS2/c15-13(18)9-5-1-3-7-11(9)16-14(17)10-6-2-4-8-12(10)19-16/h1-8H,(H2,15,18). The van der Waals surface area contributed by atoms with Gasteiger partial charge in [-0.3, -0.25) is 4.79 Å². The molecule has 3 rings (SSSR count). The van der Waals surface area contributed by atoms with Gasteiger partial charge in [0.15, 0.2) is 0 Å². The van der Waals surface area contributed by atoms with Crippen molar-refractivity contribution in [1.29, 1.82) is 0 Å². The topological polar surface area (TPSA) is 48.0 Å². The summed E-state index contributed by atoms with van der Waals surface area (Å²) in [6.07, 6.45) is 0. The van der Waals surface area contributed by atoms with Crippen molar-refractivity contribution >= 4 is 38.8 Å².